The molecule has 2 atom stereocenters. The molecular formula is C18H24N2O. The number of benzene rings is 1. The summed E-state index contributed by atoms with van der Waals surface area (Å²) in [5, 5.41) is 1.18. The van der Waals surface area contributed by atoms with Gasteiger partial charge < -0.3 is 10.5 Å². The Kier molecular flexibility index (Phi) is 4.84. The van der Waals surface area contributed by atoms with E-state index in [1.54, 1.807) is 0 Å². The van der Waals surface area contributed by atoms with Crippen molar-refractivity contribution >= 4 is 10.9 Å². The molecule has 0 bridgehead atoms. The molecule has 2 unspecified atom stereocenters. The van der Waals surface area contributed by atoms with Gasteiger partial charge >= 0.3 is 0 Å². The van der Waals surface area contributed by atoms with E-state index in [1.807, 2.05) is 12.3 Å². The minimum Gasteiger partial charge on any atom is -0.376 e. The van der Waals surface area contributed by atoms with E-state index in [0.29, 0.717) is 18.4 Å². The molecule has 21 heavy (non-hydrogen) atoms. The van der Waals surface area contributed by atoms with Crippen LogP contribution in [0.15, 0.2) is 36.5 Å². The molecule has 1 heterocycles. The molecule has 0 saturated heterocycles. The van der Waals surface area contributed by atoms with Gasteiger partial charge in [0.1, 0.15) is 0 Å². The van der Waals surface area contributed by atoms with E-state index >= 15 is 0 Å². The minimum atomic E-state index is 0.631. The number of fused-ring (bicyclic) bond motifs is 1. The fourth-order valence-corrected chi connectivity index (χ4v) is 3.42. The van der Waals surface area contributed by atoms with Crippen LogP contribution < -0.4 is 5.73 Å². The van der Waals surface area contributed by atoms with Gasteiger partial charge in [-0.25, -0.2) is 0 Å². The highest BCUT2D eigenvalue weighted by atomic mass is 16.5. The van der Waals surface area contributed by atoms with Crippen LogP contribution in [0.1, 0.15) is 31.2 Å². The van der Waals surface area contributed by atoms with Crippen LogP contribution in [-0.2, 0) is 11.3 Å². The Labute approximate surface area is 126 Å². The Hall–Kier alpha value is -1.45. The standard InChI is InChI=1S/C18H24N2O/c19-11-15-5-1-2-6-16(15)12-21-13-17-8-3-7-14-9-4-10-20-18(14)17/h3-4,7-10,15-16H,1-2,5-6,11-13,19H2. The normalized spacial score (nSPS) is 22.5. The summed E-state index contributed by atoms with van der Waals surface area (Å²) in [6.45, 7) is 2.26. The molecule has 1 aromatic carbocycles. The lowest BCUT2D eigenvalue weighted by atomic mass is 9.80. The second-order valence-electron chi connectivity index (χ2n) is 6.05. The number of pyridine rings is 1. The molecule has 1 aromatic heterocycles. The van der Waals surface area contributed by atoms with Crippen LogP contribution in [0, 0.1) is 11.8 Å². The van der Waals surface area contributed by atoms with Crippen molar-refractivity contribution < 1.29 is 4.74 Å². The second kappa shape index (κ2) is 7.01. The van der Waals surface area contributed by atoms with Gasteiger partial charge in [-0.3, -0.25) is 4.98 Å². The molecule has 0 spiro atoms. The van der Waals surface area contributed by atoms with Crippen molar-refractivity contribution in [1.29, 1.82) is 0 Å². The third kappa shape index (κ3) is 3.42. The predicted molar refractivity (Wildman–Crippen MR) is 85.9 cm³/mol. The molecule has 1 aliphatic carbocycles. The Balaban J connectivity index is 1.61. The SMILES string of the molecule is NCC1CCCCC1COCc1cccc2cccnc12. The number of aromatic nitrogens is 1. The summed E-state index contributed by atoms with van der Waals surface area (Å²) in [4.78, 5) is 4.48. The quantitative estimate of drug-likeness (QED) is 0.914. The van der Waals surface area contributed by atoms with Gasteiger partial charge in [0.25, 0.3) is 0 Å². The molecule has 0 radical (unpaired) electrons. The second-order valence-corrected chi connectivity index (χ2v) is 6.05. The summed E-state index contributed by atoms with van der Waals surface area (Å²) >= 11 is 0. The maximum absolute atomic E-state index is 6.00. The van der Waals surface area contributed by atoms with Crippen molar-refractivity contribution in [2.75, 3.05) is 13.2 Å². The maximum atomic E-state index is 6.00. The van der Waals surface area contributed by atoms with Crippen molar-refractivity contribution in [2.45, 2.75) is 32.3 Å². The third-order valence-corrected chi connectivity index (χ3v) is 4.68. The number of hydrogen-bond donors (Lipinski definition) is 1. The summed E-state index contributed by atoms with van der Waals surface area (Å²) < 4.78 is 6.00. The van der Waals surface area contributed by atoms with Crippen LogP contribution in [0.4, 0.5) is 0 Å². The van der Waals surface area contributed by atoms with Crippen LogP contribution in [0.3, 0.4) is 0 Å². The van der Waals surface area contributed by atoms with Gasteiger partial charge in [-0.2, -0.15) is 0 Å². The molecule has 1 fully saturated rings. The van der Waals surface area contributed by atoms with Gasteiger partial charge in [0.15, 0.2) is 0 Å². The van der Waals surface area contributed by atoms with Crippen LogP contribution in [0.25, 0.3) is 10.9 Å². The topological polar surface area (TPSA) is 48.1 Å². The highest BCUT2D eigenvalue weighted by molar-refractivity contribution is 5.81. The number of nitrogens with two attached hydrogens (primary N) is 1. The highest BCUT2D eigenvalue weighted by Gasteiger charge is 2.23. The summed E-state index contributed by atoms with van der Waals surface area (Å²) in [5.74, 6) is 1.27. The highest BCUT2D eigenvalue weighted by Crippen LogP contribution is 2.29. The van der Waals surface area contributed by atoms with Crippen LogP contribution in [-0.4, -0.2) is 18.1 Å². The summed E-state index contributed by atoms with van der Waals surface area (Å²) in [6, 6.07) is 10.3. The number of hydrogen-bond acceptors (Lipinski definition) is 3. The number of ether oxygens (including phenoxy) is 1. The van der Waals surface area contributed by atoms with Crippen molar-refractivity contribution in [2.24, 2.45) is 17.6 Å². The molecule has 1 aliphatic rings. The van der Waals surface area contributed by atoms with Crippen molar-refractivity contribution in [3.63, 3.8) is 0 Å². The summed E-state index contributed by atoms with van der Waals surface area (Å²) in [6.07, 6.45) is 7.01. The van der Waals surface area contributed by atoms with Gasteiger partial charge in [0, 0.05) is 17.1 Å². The van der Waals surface area contributed by atoms with Crippen molar-refractivity contribution in [1.82, 2.24) is 4.98 Å². The minimum absolute atomic E-state index is 0.631. The molecule has 2 aromatic rings. The van der Waals surface area contributed by atoms with E-state index in [9.17, 15) is 0 Å². The number of para-hydroxylation sites is 1. The summed E-state index contributed by atoms with van der Waals surface area (Å²) in [7, 11) is 0. The number of nitrogens with zero attached hydrogens (tertiary/aromatic N) is 1. The zero-order valence-corrected chi connectivity index (χ0v) is 12.5. The van der Waals surface area contributed by atoms with Crippen LogP contribution >= 0.6 is 0 Å². The van der Waals surface area contributed by atoms with Crippen molar-refractivity contribution in [3.05, 3.63) is 42.1 Å². The average Bonchev–Trinajstić information content (AvgIpc) is 2.55. The number of rotatable bonds is 5. The van der Waals surface area contributed by atoms with Gasteiger partial charge in [0.2, 0.25) is 0 Å². The van der Waals surface area contributed by atoms with E-state index in [4.69, 9.17) is 10.5 Å². The molecule has 2 N–H and O–H groups in total. The first-order chi connectivity index (χ1) is 10.4. The fraction of sp³-hybridized carbons (Fsp3) is 0.500. The Morgan fingerprint density at radius 2 is 1.90 bits per heavy atom. The van der Waals surface area contributed by atoms with E-state index < -0.39 is 0 Å². The Morgan fingerprint density at radius 3 is 2.76 bits per heavy atom. The Bertz CT molecular complexity index is 579. The van der Waals surface area contributed by atoms with Gasteiger partial charge in [0.05, 0.1) is 18.7 Å². The average molecular weight is 284 g/mol. The van der Waals surface area contributed by atoms with Gasteiger partial charge in [-0.1, -0.05) is 37.1 Å². The largest absolute Gasteiger partial charge is 0.376 e. The monoisotopic (exact) mass is 284 g/mol. The molecule has 1 saturated carbocycles. The maximum Gasteiger partial charge on any atom is 0.0757 e. The molecule has 0 aliphatic heterocycles. The Morgan fingerprint density at radius 1 is 1.10 bits per heavy atom. The molecule has 112 valence electrons. The third-order valence-electron chi connectivity index (χ3n) is 4.68. The summed E-state index contributed by atoms with van der Waals surface area (Å²) in [5.41, 5.74) is 8.11. The van der Waals surface area contributed by atoms with Crippen LogP contribution in [0.2, 0.25) is 0 Å². The first-order valence-corrected chi connectivity index (χ1v) is 7.99. The smallest absolute Gasteiger partial charge is 0.0757 e. The zero-order valence-electron chi connectivity index (χ0n) is 12.5. The molecule has 3 heteroatoms. The van der Waals surface area contributed by atoms with E-state index in [2.05, 4.69) is 29.2 Å². The first kappa shape index (κ1) is 14.5. The first-order valence-electron chi connectivity index (χ1n) is 7.99. The lowest BCUT2D eigenvalue weighted by Gasteiger charge is -2.30. The van der Waals surface area contributed by atoms with E-state index in [-0.39, 0.29) is 0 Å². The lowest BCUT2D eigenvalue weighted by Crippen LogP contribution is -2.29. The van der Waals surface area contributed by atoms with Crippen molar-refractivity contribution in [3.8, 4) is 0 Å². The molecule has 0 amide bonds. The molecular weight excluding hydrogens is 260 g/mol. The van der Waals surface area contributed by atoms with Gasteiger partial charge in [-0.15, -0.1) is 0 Å². The van der Waals surface area contributed by atoms with Gasteiger partial charge in [-0.05, 0) is 37.3 Å². The van der Waals surface area contributed by atoms with E-state index in [1.165, 1.54) is 36.6 Å². The molecule has 3 nitrogen and oxygen atoms in total. The zero-order chi connectivity index (χ0) is 14.5. The fourth-order valence-electron chi connectivity index (χ4n) is 3.42. The predicted octanol–water partition coefficient (Wildman–Crippen LogP) is 3.52. The lowest BCUT2D eigenvalue weighted by molar-refractivity contribution is 0.0517. The van der Waals surface area contributed by atoms with E-state index in [0.717, 1.165) is 18.7 Å². The molecule has 3 rings (SSSR count). The van der Waals surface area contributed by atoms with Crippen LogP contribution in [0.5, 0.6) is 0 Å².